The van der Waals surface area contributed by atoms with Gasteiger partial charge in [0.05, 0.1) is 5.37 Å². The molecule has 0 aromatic rings. The first-order chi connectivity index (χ1) is 6.35. The highest BCUT2D eigenvalue weighted by molar-refractivity contribution is 7.80. The molecule has 0 fully saturated rings. The van der Waals surface area contributed by atoms with Crippen LogP contribution in [-0.2, 0) is 4.74 Å². The van der Waals surface area contributed by atoms with Crippen LogP contribution in [0.4, 0.5) is 4.79 Å². The van der Waals surface area contributed by atoms with Crippen molar-refractivity contribution in [3.63, 3.8) is 0 Å². The second-order valence-corrected chi connectivity index (χ2v) is 4.16. The summed E-state index contributed by atoms with van der Waals surface area (Å²) in [6.45, 7) is 5.43. The first kappa shape index (κ1) is 12.9. The topological polar surface area (TPSA) is 87.1 Å². The summed E-state index contributed by atoms with van der Waals surface area (Å²) < 4.78 is 4.95. The average Bonchev–Trinajstić information content (AvgIpc) is 1.98. The molecule has 0 bridgehead atoms. The lowest BCUT2D eigenvalue weighted by Gasteiger charge is -2.19. The Labute approximate surface area is 88.0 Å². The number of thiol groups is 1. The van der Waals surface area contributed by atoms with Crippen molar-refractivity contribution in [3.05, 3.63) is 10.4 Å². The van der Waals surface area contributed by atoms with Gasteiger partial charge in [-0.1, -0.05) is 5.11 Å². The number of amides is 1. The lowest BCUT2D eigenvalue weighted by Crippen LogP contribution is -2.35. The number of hydrogen-bond acceptors (Lipinski definition) is 4. The fourth-order valence-corrected chi connectivity index (χ4v) is 0.727. The fourth-order valence-electron chi connectivity index (χ4n) is 0.589. The van der Waals surface area contributed by atoms with E-state index in [9.17, 15) is 4.79 Å². The predicted octanol–water partition coefficient (Wildman–Crippen LogP) is 2.08. The number of hydrogen-bond donors (Lipinski definition) is 2. The maximum atomic E-state index is 11.1. The number of azide groups is 1. The van der Waals surface area contributed by atoms with Gasteiger partial charge in [0, 0.05) is 11.5 Å². The molecule has 6 nitrogen and oxygen atoms in total. The zero-order valence-electron chi connectivity index (χ0n) is 8.39. The zero-order chi connectivity index (χ0) is 11.2. The number of nitrogens with one attached hydrogen (secondary N) is 1. The first-order valence-corrected chi connectivity index (χ1v) is 4.56. The van der Waals surface area contributed by atoms with Gasteiger partial charge in [0.15, 0.2) is 0 Å². The minimum absolute atomic E-state index is 0.141. The lowest BCUT2D eigenvalue weighted by molar-refractivity contribution is 0.0528. The molecule has 80 valence electrons. The number of alkyl carbamates (subject to hydrolysis) is 1. The Morgan fingerprint density at radius 1 is 1.71 bits per heavy atom. The summed E-state index contributed by atoms with van der Waals surface area (Å²) in [6, 6.07) is 0. The minimum Gasteiger partial charge on any atom is -0.444 e. The molecule has 0 spiro atoms. The molecule has 14 heavy (non-hydrogen) atoms. The molecule has 0 aromatic carbocycles. The predicted molar refractivity (Wildman–Crippen MR) is 56.2 cm³/mol. The average molecular weight is 218 g/mol. The van der Waals surface area contributed by atoms with E-state index < -0.39 is 17.1 Å². The van der Waals surface area contributed by atoms with Gasteiger partial charge in [-0.3, -0.25) is 0 Å². The van der Waals surface area contributed by atoms with Crippen molar-refractivity contribution in [1.29, 1.82) is 0 Å². The molecule has 0 saturated heterocycles. The molecule has 1 amide bonds. The van der Waals surface area contributed by atoms with E-state index in [1.165, 1.54) is 0 Å². The van der Waals surface area contributed by atoms with Crippen LogP contribution in [0, 0.1) is 0 Å². The van der Waals surface area contributed by atoms with E-state index in [-0.39, 0.29) is 6.54 Å². The Morgan fingerprint density at radius 2 is 2.29 bits per heavy atom. The largest absolute Gasteiger partial charge is 0.444 e. The van der Waals surface area contributed by atoms with Crippen LogP contribution >= 0.6 is 12.6 Å². The molecular formula is C7H14N4O2S. The molecule has 0 aliphatic rings. The molecule has 0 heterocycles. The SMILES string of the molecule is CC(C)(C)OC(=O)NCC(S)N=[N+]=[N-]. The Balaban J connectivity index is 3.80. The Kier molecular flexibility index (Phi) is 5.19. The summed E-state index contributed by atoms with van der Waals surface area (Å²) >= 11 is 3.91. The summed E-state index contributed by atoms with van der Waals surface area (Å²) in [6.07, 6.45) is -0.551. The van der Waals surface area contributed by atoms with Crippen LogP contribution in [0.3, 0.4) is 0 Å². The van der Waals surface area contributed by atoms with Crippen molar-refractivity contribution < 1.29 is 9.53 Å². The van der Waals surface area contributed by atoms with Crippen molar-refractivity contribution in [2.75, 3.05) is 6.54 Å². The maximum absolute atomic E-state index is 11.1. The van der Waals surface area contributed by atoms with Crippen LogP contribution < -0.4 is 5.32 Å². The standard InChI is InChI=1S/C7H14N4O2S/c1-7(2,3)13-6(12)9-4-5(14)10-11-8/h5,14H,4H2,1-3H3,(H,9,12). The van der Waals surface area contributed by atoms with E-state index in [1.54, 1.807) is 20.8 Å². The van der Waals surface area contributed by atoms with E-state index in [4.69, 9.17) is 10.3 Å². The van der Waals surface area contributed by atoms with Gasteiger partial charge in [-0.05, 0) is 26.3 Å². The number of carbonyl (C=O) groups excluding carboxylic acids is 1. The number of carbonyl (C=O) groups is 1. The van der Waals surface area contributed by atoms with Crippen molar-refractivity contribution in [2.45, 2.75) is 31.7 Å². The number of rotatable bonds is 3. The quantitative estimate of drug-likeness (QED) is 0.329. The van der Waals surface area contributed by atoms with Gasteiger partial charge in [0.1, 0.15) is 5.60 Å². The van der Waals surface area contributed by atoms with Gasteiger partial charge in [-0.15, -0.1) is 0 Å². The lowest BCUT2D eigenvalue weighted by atomic mass is 10.2. The van der Waals surface area contributed by atoms with Crippen molar-refractivity contribution >= 4 is 18.7 Å². The summed E-state index contributed by atoms with van der Waals surface area (Å²) in [5, 5.41) is 5.11. The molecule has 7 heteroatoms. The summed E-state index contributed by atoms with van der Waals surface area (Å²) in [7, 11) is 0. The van der Waals surface area contributed by atoms with Gasteiger partial charge in [0.2, 0.25) is 0 Å². The summed E-state index contributed by atoms with van der Waals surface area (Å²) in [5.41, 5.74) is 7.52. The molecule has 0 aromatic heterocycles. The van der Waals surface area contributed by atoms with E-state index in [2.05, 4.69) is 28.0 Å². The molecule has 1 atom stereocenters. The Morgan fingerprint density at radius 3 is 2.71 bits per heavy atom. The van der Waals surface area contributed by atoms with Crippen LogP contribution in [0.15, 0.2) is 5.11 Å². The van der Waals surface area contributed by atoms with Crippen LogP contribution in [-0.4, -0.2) is 23.6 Å². The van der Waals surface area contributed by atoms with Crippen LogP contribution in [0.5, 0.6) is 0 Å². The first-order valence-electron chi connectivity index (χ1n) is 4.04. The van der Waals surface area contributed by atoms with Crippen LogP contribution in [0.2, 0.25) is 0 Å². The highest BCUT2D eigenvalue weighted by Crippen LogP contribution is 2.06. The van der Waals surface area contributed by atoms with Gasteiger partial charge in [-0.25, -0.2) is 4.79 Å². The Hall–Kier alpha value is -1.07. The highest BCUT2D eigenvalue weighted by atomic mass is 32.1. The molecule has 0 radical (unpaired) electrons. The van der Waals surface area contributed by atoms with Gasteiger partial charge in [-0.2, -0.15) is 12.6 Å². The second-order valence-electron chi connectivity index (χ2n) is 3.57. The van der Waals surface area contributed by atoms with Crippen molar-refractivity contribution in [3.8, 4) is 0 Å². The van der Waals surface area contributed by atoms with Crippen molar-refractivity contribution in [1.82, 2.24) is 5.32 Å². The van der Waals surface area contributed by atoms with Crippen molar-refractivity contribution in [2.24, 2.45) is 5.11 Å². The van der Waals surface area contributed by atoms with E-state index in [1.807, 2.05) is 0 Å². The zero-order valence-corrected chi connectivity index (χ0v) is 9.28. The van der Waals surface area contributed by atoms with Gasteiger partial charge >= 0.3 is 6.09 Å². The molecule has 1 N–H and O–H groups in total. The molecule has 0 aliphatic heterocycles. The monoisotopic (exact) mass is 218 g/mol. The minimum atomic E-state index is -0.576. The van der Waals surface area contributed by atoms with E-state index in [0.717, 1.165) is 0 Å². The smallest absolute Gasteiger partial charge is 0.407 e. The highest BCUT2D eigenvalue weighted by Gasteiger charge is 2.16. The molecular weight excluding hydrogens is 204 g/mol. The molecule has 0 saturated carbocycles. The third kappa shape index (κ3) is 7.57. The second kappa shape index (κ2) is 5.62. The van der Waals surface area contributed by atoms with Gasteiger partial charge < -0.3 is 10.1 Å². The third-order valence-corrected chi connectivity index (χ3v) is 1.30. The number of nitrogens with zero attached hydrogens (tertiary/aromatic N) is 3. The number of ether oxygens (including phenoxy) is 1. The summed E-state index contributed by atoms with van der Waals surface area (Å²) in [4.78, 5) is 13.6. The summed E-state index contributed by atoms with van der Waals surface area (Å²) in [5.74, 6) is 0. The van der Waals surface area contributed by atoms with E-state index >= 15 is 0 Å². The molecule has 1 unspecified atom stereocenters. The molecule has 0 aliphatic carbocycles. The van der Waals surface area contributed by atoms with E-state index in [0.29, 0.717) is 0 Å². The fraction of sp³-hybridized carbons (Fsp3) is 0.857. The van der Waals surface area contributed by atoms with Gasteiger partial charge in [0.25, 0.3) is 0 Å². The normalized spacial score (nSPS) is 12.6. The maximum Gasteiger partial charge on any atom is 0.407 e. The van der Waals surface area contributed by atoms with Crippen LogP contribution in [0.25, 0.3) is 10.4 Å². The molecule has 0 rings (SSSR count). The van der Waals surface area contributed by atoms with Crippen LogP contribution in [0.1, 0.15) is 20.8 Å². The third-order valence-electron chi connectivity index (χ3n) is 1.01. The Bertz CT molecular complexity index is 245.